The number of rotatable bonds is 5. The van der Waals surface area contributed by atoms with Crippen LogP contribution in [0.2, 0.25) is 5.02 Å². The first-order chi connectivity index (χ1) is 9.19. The molecule has 0 saturated heterocycles. The van der Waals surface area contributed by atoms with Gasteiger partial charge in [-0.25, -0.2) is 0 Å². The predicted molar refractivity (Wildman–Crippen MR) is 79.7 cm³/mol. The first-order valence-corrected chi connectivity index (χ1v) is 6.71. The Morgan fingerprint density at radius 1 is 1.05 bits per heavy atom. The van der Waals surface area contributed by atoms with Gasteiger partial charge in [-0.2, -0.15) is 0 Å². The Morgan fingerprint density at radius 2 is 1.68 bits per heavy atom. The zero-order valence-corrected chi connectivity index (χ0v) is 11.7. The Bertz CT molecular complexity index is 507. The highest BCUT2D eigenvalue weighted by Gasteiger charge is 2.06. The molecule has 2 rings (SSSR count). The van der Waals surface area contributed by atoms with Crippen molar-refractivity contribution < 1.29 is 4.74 Å². The molecule has 0 aliphatic carbocycles. The maximum absolute atomic E-state index is 6.18. The van der Waals surface area contributed by atoms with E-state index in [1.54, 1.807) is 7.11 Å². The van der Waals surface area contributed by atoms with Gasteiger partial charge in [-0.05, 0) is 48.2 Å². The molecule has 0 aromatic heterocycles. The Morgan fingerprint density at radius 3 is 2.26 bits per heavy atom. The molecule has 0 radical (unpaired) electrons. The van der Waals surface area contributed by atoms with E-state index in [0.29, 0.717) is 0 Å². The van der Waals surface area contributed by atoms with Crippen LogP contribution in [0.15, 0.2) is 48.5 Å². The number of hydrogen-bond acceptors (Lipinski definition) is 2. The Hall–Kier alpha value is -1.51. The second-order valence-electron chi connectivity index (χ2n) is 4.54. The quantitative estimate of drug-likeness (QED) is 0.896. The second-order valence-corrected chi connectivity index (χ2v) is 4.98. The van der Waals surface area contributed by atoms with E-state index in [1.165, 1.54) is 5.56 Å². The first kappa shape index (κ1) is 13.9. The van der Waals surface area contributed by atoms with E-state index in [1.807, 2.05) is 36.4 Å². The Labute approximate surface area is 119 Å². The number of benzene rings is 2. The molecule has 2 N–H and O–H groups in total. The average Bonchev–Trinajstić information content (AvgIpc) is 2.46. The van der Waals surface area contributed by atoms with Gasteiger partial charge in [0.25, 0.3) is 0 Å². The van der Waals surface area contributed by atoms with Crippen LogP contribution in [0.4, 0.5) is 0 Å². The van der Waals surface area contributed by atoms with Crippen molar-refractivity contribution in [3.05, 3.63) is 64.7 Å². The molecule has 0 heterocycles. The van der Waals surface area contributed by atoms with Gasteiger partial charge in [-0.15, -0.1) is 0 Å². The molecule has 0 unspecified atom stereocenters. The normalized spacial score (nSPS) is 12.2. The van der Waals surface area contributed by atoms with Gasteiger partial charge < -0.3 is 10.5 Å². The van der Waals surface area contributed by atoms with Gasteiger partial charge in [-0.1, -0.05) is 35.9 Å². The van der Waals surface area contributed by atoms with Crippen molar-refractivity contribution in [2.24, 2.45) is 5.73 Å². The van der Waals surface area contributed by atoms with Crippen LogP contribution in [0.5, 0.6) is 5.75 Å². The molecule has 0 fully saturated rings. The zero-order chi connectivity index (χ0) is 13.7. The highest BCUT2D eigenvalue weighted by molar-refractivity contribution is 6.30. The number of nitrogens with two attached hydrogens (primary N) is 1. The largest absolute Gasteiger partial charge is 0.497 e. The number of ether oxygens (including phenoxy) is 1. The van der Waals surface area contributed by atoms with E-state index < -0.39 is 0 Å². The fraction of sp³-hybridized carbons (Fsp3) is 0.250. The maximum atomic E-state index is 6.18. The topological polar surface area (TPSA) is 35.2 Å². The lowest BCUT2D eigenvalue weighted by atomic mass is 10.00. The summed E-state index contributed by atoms with van der Waals surface area (Å²) in [4.78, 5) is 0. The second kappa shape index (κ2) is 6.60. The monoisotopic (exact) mass is 275 g/mol. The van der Waals surface area contributed by atoms with E-state index in [0.717, 1.165) is 29.2 Å². The van der Waals surface area contributed by atoms with Crippen LogP contribution in [0.25, 0.3) is 0 Å². The summed E-state index contributed by atoms with van der Waals surface area (Å²) in [6.45, 7) is 0. The number of halogens is 1. The molecule has 1 atom stereocenters. The molecule has 2 aromatic rings. The fourth-order valence-corrected chi connectivity index (χ4v) is 2.12. The molecule has 3 heteroatoms. The Balaban J connectivity index is 1.92. The molecule has 0 saturated carbocycles. The summed E-state index contributed by atoms with van der Waals surface area (Å²) in [5.41, 5.74) is 8.57. The van der Waals surface area contributed by atoms with Crippen molar-refractivity contribution in [2.45, 2.75) is 18.9 Å². The number of hydrogen-bond donors (Lipinski definition) is 1. The third-order valence-corrected chi connectivity index (χ3v) is 3.45. The summed E-state index contributed by atoms with van der Waals surface area (Å²) < 4.78 is 5.14. The van der Waals surface area contributed by atoms with E-state index in [4.69, 9.17) is 22.1 Å². The van der Waals surface area contributed by atoms with Gasteiger partial charge in [-0.3, -0.25) is 0 Å². The lowest BCUT2D eigenvalue weighted by Crippen LogP contribution is -2.11. The van der Waals surface area contributed by atoms with Gasteiger partial charge in [0.15, 0.2) is 0 Å². The van der Waals surface area contributed by atoms with E-state index >= 15 is 0 Å². The summed E-state index contributed by atoms with van der Waals surface area (Å²) in [5.74, 6) is 0.880. The van der Waals surface area contributed by atoms with Crippen molar-refractivity contribution in [1.29, 1.82) is 0 Å². The summed E-state index contributed by atoms with van der Waals surface area (Å²) in [6, 6.07) is 15.9. The molecule has 100 valence electrons. The first-order valence-electron chi connectivity index (χ1n) is 6.33. The average molecular weight is 276 g/mol. The minimum atomic E-state index is 0.0411. The minimum Gasteiger partial charge on any atom is -0.497 e. The molecular formula is C16H18ClNO. The summed E-state index contributed by atoms with van der Waals surface area (Å²) in [5, 5.41) is 0.742. The third-order valence-electron chi connectivity index (χ3n) is 3.20. The minimum absolute atomic E-state index is 0.0411. The third kappa shape index (κ3) is 3.98. The van der Waals surface area contributed by atoms with Crippen LogP contribution in [0, 0.1) is 0 Å². The molecule has 0 aliphatic rings. The SMILES string of the molecule is COc1ccc(CC[C@H](N)c2ccc(Cl)cc2)cc1. The van der Waals surface area contributed by atoms with Gasteiger partial charge in [0.1, 0.15) is 5.75 Å². The smallest absolute Gasteiger partial charge is 0.118 e. The van der Waals surface area contributed by atoms with Gasteiger partial charge in [0.2, 0.25) is 0 Å². The maximum Gasteiger partial charge on any atom is 0.118 e. The van der Waals surface area contributed by atoms with Crippen molar-refractivity contribution in [2.75, 3.05) is 7.11 Å². The van der Waals surface area contributed by atoms with Gasteiger partial charge in [0.05, 0.1) is 7.11 Å². The van der Waals surface area contributed by atoms with Crippen molar-refractivity contribution in [1.82, 2.24) is 0 Å². The van der Waals surface area contributed by atoms with Crippen LogP contribution in [0.3, 0.4) is 0 Å². The molecule has 0 aliphatic heterocycles. The van der Waals surface area contributed by atoms with Crippen LogP contribution >= 0.6 is 11.6 Å². The van der Waals surface area contributed by atoms with E-state index in [9.17, 15) is 0 Å². The van der Waals surface area contributed by atoms with Gasteiger partial charge >= 0.3 is 0 Å². The van der Waals surface area contributed by atoms with E-state index in [2.05, 4.69) is 12.1 Å². The fourth-order valence-electron chi connectivity index (χ4n) is 1.99. The van der Waals surface area contributed by atoms with Crippen LogP contribution in [-0.2, 0) is 6.42 Å². The lowest BCUT2D eigenvalue weighted by molar-refractivity contribution is 0.414. The number of methoxy groups -OCH3 is 1. The molecule has 2 aromatic carbocycles. The Kier molecular flexibility index (Phi) is 4.83. The molecule has 19 heavy (non-hydrogen) atoms. The predicted octanol–water partition coefficient (Wildman–Crippen LogP) is 3.98. The molecule has 0 amide bonds. The summed E-state index contributed by atoms with van der Waals surface area (Å²) in [7, 11) is 1.67. The van der Waals surface area contributed by atoms with Crippen molar-refractivity contribution in [3.8, 4) is 5.75 Å². The molecule has 2 nitrogen and oxygen atoms in total. The van der Waals surface area contributed by atoms with Gasteiger partial charge in [0, 0.05) is 11.1 Å². The molecular weight excluding hydrogens is 258 g/mol. The lowest BCUT2D eigenvalue weighted by Gasteiger charge is -2.12. The van der Waals surface area contributed by atoms with Crippen molar-refractivity contribution >= 4 is 11.6 Å². The van der Waals surface area contributed by atoms with E-state index in [-0.39, 0.29) is 6.04 Å². The molecule has 0 bridgehead atoms. The summed E-state index contributed by atoms with van der Waals surface area (Å²) in [6.07, 6.45) is 1.86. The number of aryl methyl sites for hydroxylation is 1. The highest BCUT2D eigenvalue weighted by atomic mass is 35.5. The van der Waals surface area contributed by atoms with Crippen LogP contribution in [0.1, 0.15) is 23.6 Å². The zero-order valence-electron chi connectivity index (χ0n) is 11.0. The molecule has 0 spiro atoms. The van der Waals surface area contributed by atoms with Crippen LogP contribution in [-0.4, -0.2) is 7.11 Å². The van der Waals surface area contributed by atoms with Crippen molar-refractivity contribution in [3.63, 3.8) is 0 Å². The highest BCUT2D eigenvalue weighted by Crippen LogP contribution is 2.20. The van der Waals surface area contributed by atoms with Crippen LogP contribution < -0.4 is 10.5 Å². The summed E-state index contributed by atoms with van der Waals surface area (Å²) >= 11 is 5.87. The standard InChI is InChI=1S/C16H18ClNO/c1-19-15-9-2-12(3-10-15)4-11-16(18)13-5-7-14(17)8-6-13/h2-3,5-10,16H,4,11,18H2,1H3/t16-/m0/s1.